The number of halogens is 2. The van der Waals surface area contributed by atoms with Crippen molar-refractivity contribution in [1.29, 1.82) is 0 Å². The van der Waals surface area contributed by atoms with Gasteiger partial charge in [-0.1, -0.05) is 60.1 Å². The molecule has 0 aromatic heterocycles. The lowest BCUT2D eigenvalue weighted by molar-refractivity contribution is -0.115. The zero-order valence-corrected chi connectivity index (χ0v) is 22.9. The lowest BCUT2D eigenvalue weighted by Crippen LogP contribution is -2.30. The zero-order valence-electron chi connectivity index (χ0n) is 21.4. The van der Waals surface area contributed by atoms with Crippen LogP contribution in [0.25, 0.3) is 6.08 Å². The highest BCUT2D eigenvalue weighted by Crippen LogP contribution is 2.27. The molecule has 4 aromatic carbocycles. The molecule has 0 bridgehead atoms. The average Bonchev–Trinajstić information content (AvgIpc) is 2.94. The Bertz CT molecular complexity index is 1560. The fourth-order valence-electron chi connectivity index (χ4n) is 3.61. The number of carbonyl (C=O) groups is 3. The number of carbonyl (C=O) groups excluding carboxylic acids is 3. The average molecular weight is 574 g/mol. The highest BCUT2D eigenvalue weighted by Gasteiger charge is 2.18. The molecule has 3 N–H and O–H groups in total. The van der Waals surface area contributed by atoms with Gasteiger partial charge in [0.1, 0.15) is 11.5 Å². The lowest BCUT2D eigenvalue weighted by Gasteiger charge is -2.14. The maximum Gasteiger partial charge on any atom is 0.272 e. The fourth-order valence-corrected chi connectivity index (χ4v) is 4.73. The Morgan fingerprint density at radius 3 is 2.33 bits per heavy atom. The molecule has 0 heterocycles. The molecule has 0 saturated carbocycles. The van der Waals surface area contributed by atoms with Crippen molar-refractivity contribution >= 4 is 58.5 Å². The first-order valence-electron chi connectivity index (χ1n) is 12.3. The van der Waals surface area contributed by atoms with E-state index in [1.807, 2.05) is 0 Å². The lowest BCUT2D eigenvalue weighted by atomic mass is 10.1. The quantitative estimate of drug-likeness (QED) is 0.148. The molecular formula is C31H25ClFN3O3S. The third kappa shape index (κ3) is 8.05. The van der Waals surface area contributed by atoms with E-state index in [-0.39, 0.29) is 17.3 Å². The highest BCUT2D eigenvalue weighted by atomic mass is 35.5. The van der Waals surface area contributed by atoms with Crippen LogP contribution in [0.5, 0.6) is 0 Å². The summed E-state index contributed by atoms with van der Waals surface area (Å²) < 4.78 is 13.9. The molecule has 0 aliphatic heterocycles. The minimum Gasteiger partial charge on any atom is -0.323 e. The maximum absolute atomic E-state index is 13.9. The minimum atomic E-state index is -0.547. The molecule has 4 rings (SSSR count). The van der Waals surface area contributed by atoms with Crippen LogP contribution >= 0.6 is 23.4 Å². The first kappa shape index (κ1) is 28.6. The summed E-state index contributed by atoms with van der Waals surface area (Å²) in [6, 6.07) is 28.3. The van der Waals surface area contributed by atoms with Crippen LogP contribution in [0.15, 0.2) is 114 Å². The van der Waals surface area contributed by atoms with Gasteiger partial charge in [-0.2, -0.15) is 0 Å². The number of hydrogen-bond acceptors (Lipinski definition) is 4. The molecule has 0 aliphatic carbocycles. The molecule has 0 spiro atoms. The third-order valence-corrected chi connectivity index (χ3v) is 6.92. The molecule has 9 heteroatoms. The van der Waals surface area contributed by atoms with Crippen molar-refractivity contribution < 1.29 is 18.8 Å². The van der Waals surface area contributed by atoms with Crippen molar-refractivity contribution in [3.05, 3.63) is 131 Å². The van der Waals surface area contributed by atoms with E-state index in [9.17, 15) is 18.8 Å². The van der Waals surface area contributed by atoms with Crippen molar-refractivity contribution in [2.75, 3.05) is 10.6 Å². The summed E-state index contributed by atoms with van der Waals surface area (Å²) in [7, 11) is 0. The highest BCUT2D eigenvalue weighted by molar-refractivity contribution is 8.00. The van der Waals surface area contributed by atoms with E-state index in [1.165, 1.54) is 30.0 Å². The van der Waals surface area contributed by atoms with Crippen LogP contribution in [-0.2, 0) is 9.59 Å². The molecule has 6 nitrogen and oxygen atoms in total. The summed E-state index contributed by atoms with van der Waals surface area (Å²) in [6.45, 7) is 1.71. The molecule has 0 saturated heterocycles. The Labute approximate surface area is 240 Å². The molecule has 3 amide bonds. The number of rotatable bonds is 9. The first-order chi connectivity index (χ1) is 19.3. The normalized spacial score (nSPS) is 11.8. The van der Waals surface area contributed by atoms with Crippen LogP contribution in [0.4, 0.5) is 15.8 Å². The second kappa shape index (κ2) is 13.6. The molecule has 1 atom stereocenters. The maximum atomic E-state index is 13.9. The van der Waals surface area contributed by atoms with Gasteiger partial charge in [0.15, 0.2) is 0 Å². The van der Waals surface area contributed by atoms with Gasteiger partial charge in [-0.05, 0) is 73.2 Å². The molecular weight excluding hydrogens is 549 g/mol. The Morgan fingerprint density at radius 1 is 0.850 bits per heavy atom. The molecule has 0 fully saturated rings. The summed E-state index contributed by atoms with van der Waals surface area (Å²) in [5.41, 5.74) is 1.62. The summed E-state index contributed by atoms with van der Waals surface area (Å²) in [6.07, 6.45) is 1.54. The molecule has 40 heavy (non-hydrogen) atoms. The van der Waals surface area contributed by atoms with E-state index in [4.69, 9.17) is 11.6 Å². The Balaban J connectivity index is 1.48. The molecule has 4 aromatic rings. The number of amides is 3. The summed E-state index contributed by atoms with van der Waals surface area (Å²) in [5, 5.41) is 8.02. The second-order valence-electron chi connectivity index (χ2n) is 8.64. The zero-order chi connectivity index (χ0) is 28.5. The van der Waals surface area contributed by atoms with Gasteiger partial charge in [-0.25, -0.2) is 4.39 Å². The third-order valence-electron chi connectivity index (χ3n) is 5.59. The molecule has 0 radical (unpaired) electrons. The first-order valence-corrected chi connectivity index (χ1v) is 13.5. The number of anilines is 2. The largest absolute Gasteiger partial charge is 0.323 e. The van der Waals surface area contributed by atoms with E-state index in [1.54, 1.807) is 97.9 Å². The smallest absolute Gasteiger partial charge is 0.272 e. The standard InChI is InChI=1S/C31H25ClFN3O3S/c1-20(29(37)35-27-16-6-5-15-26(27)33)40-25-14-8-13-24(19-25)34-31(39)28(18-21-9-7-12-23(32)17-21)36-30(38)22-10-3-2-4-11-22/h2-20H,1H3,(H,34,39)(H,35,37)(H,36,38)/b28-18-. The van der Waals surface area contributed by atoms with Crippen molar-refractivity contribution in [3.8, 4) is 0 Å². The van der Waals surface area contributed by atoms with Crippen LogP contribution in [0.3, 0.4) is 0 Å². The predicted octanol–water partition coefficient (Wildman–Crippen LogP) is 7.01. The van der Waals surface area contributed by atoms with Gasteiger partial charge in [-0.3, -0.25) is 14.4 Å². The number of nitrogens with one attached hydrogen (secondary N) is 3. The van der Waals surface area contributed by atoms with Gasteiger partial charge in [0.25, 0.3) is 11.8 Å². The molecule has 202 valence electrons. The van der Waals surface area contributed by atoms with E-state index in [2.05, 4.69) is 16.0 Å². The number of thioether (sulfide) groups is 1. The minimum absolute atomic E-state index is 0.0202. The van der Waals surface area contributed by atoms with Gasteiger partial charge < -0.3 is 16.0 Å². The van der Waals surface area contributed by atoms with E-state index < -0.39 is 22.9 Å². The SMILES string of the molecule is CC(Sc1cccc(NC(=O)/C(=C/c2cccc(Cl)c2)NC(=O)c2ccccc2)c1)C(=O)Nc1ccccc1F. The van der Waals surface area contributed by atoms with Crippen LogP contribution in [0.1, 0.15) is 22.8 Å². The summed E-state index contributed by atoms with van der Waals surface area (Å²) >= 11 is 7.36. The summed E-state index contributed by atoms with van der Waals surface area (Å²) in [5.74, 6) is -1.86. The van der Waals surface area contributed by atoms with E-state index in [0.717, 1.165) is 0 Å². The van der Waals surface area contributed by atoms with E-state index in [0.29, 0.717) is 26.7 Å². The van der Waals surface area contributed by atoms with Gasteiger partial charge in [0.05, 0.1) is 10.9 Å². The van der Waals surface area contributed by atoms with Crippen LogP contribution in [0, 0.1) is 5.82 Å². The van der Waals surface area contributed by atoms with Crippen molar-refractivity contribution in [1.82, 2.24) is 5.32 Å². The van der Waals surface area contributed by atoms with Gasteiger partial charge in [-0.15, -0.1) is 11.8 Å². The van der Waals surface area contributed by atoms with Crippen molar-refractivity contribution in [2.24, 2.45) is 0 Å². The van der Waals surface area contributed by atoms with Crippen molar-refractivity contribution in [3.63, 3.8) is 0 Å². The van der Waals surface area contributed by atoms with E-state index >= 15 is 0 Å². The van der Waals surface area contributed by atoms with Gasteiger partial charge in [0, 0.05) is 21.2 Å². The van der Waals surface area contributed by atoms with Gasteiger partial charge >= 0.3 is 0 Å². The van der Waals surface area contributed by atoms with Crippen LogP contribution < -0.4 is 16.0 Å². The monoisotopic (exact) mass is 573 g/mol. The number of hydrogen-bond donors (Lipinski definition) is 3. The molecule has 1 unspecified atom stereocenters. The number of benzene rings is 4. The van der Waals surface area contributed by atoms with Crippen LogP contribution in [-0.4, -0.2) is 23.0 Å². The summed E-state index contributed by atoms with van der Waals surface area (Å²) in [4.78, 5) is 39.5. The predicted molar refractivity (Wildman–Crippen MR) is 159 cm³/mol. The Hall–Kier alpha value is -4.40. The van der Waals surface area contributed by atoms with Crippen molar-refractivity contribution in [2.45, 2.75) is 17.1 Å². The van der Waals surface area contributed by atoms with Crippen LogP contribution in [0.2, 0.25) is 5.02 Å². The topological polar surface area (TPSA) is 87.3 Å². The second-order valence-corrected chi connectivity index (χ2v) is 10.5. The number of para-hydroxylation sites is 1. The fraction of sp³-hybridized carbons (Fsp3) is 0.0645. The Kier molecular flexibility index (Phi) is 9.72. The Morgan fingerprint density at radius 2 is 1.57 bits per heavy atom. The molecule has 0 aliphatic rings. The van der Waals surface area contributed by atoms with Gasteiger partial charge in [0.2, 0.25) is 5.91 Å².